The van der Waals surface area contributed by atoms with Crippen molar-refractivity contribution in [3.8, 4) is 0 Å². The van der Waals surface area contributed by atoms with E-state index in [1.165, 1.54) is 0 Å². The number of carbonyl (C=O) groups is 1. The molecule has 2 fully saturated rings. The fraction of sp³-hybridized carbons (Fsp3) is 0.562. The fourth-order valence-corrected chi connectivity index (χ4v) is 5.00. The van der Waals surface area contributed by atoms with E-state index in [0.29, 0.717) is 37.6 Å². The first kappa shape index (κ1) is 17.5. The minimum atomic E-state index is -3.04. The SMILES string of the molecule is O=C(NCC1CCCS1(=O)=O)N1CCOC(c2ccc(Cl)cc2)C1. The molecule has 2 aliphatic rings. The van der Waals surface area contributed by atoms with Crippen molar-refractivity contribution in [2.24, 2.45) is 0 Å². The minimum absolute atomic E-state index is 0.185. The molecule has 0 bridgehead atoms. The average Bonchev–Trinajstić information content (AvgIpc) is 2.92. The Balaban J connectivity index is 1.56. The molecule has 0 spiro atoms. The molecule has 2 saturated heterocycles. The van der Waals surface area contributed by atoms with Gasteiger partial charge in [-0.3, -0.25) is 0 Å². The molecule has 0 radical (unpaired) electrons. The quantitative estimate of drug-likeness (QED) is 0.880. The number of hydrogen-bond acceptors (Lipinski definition) is 4. The first-order valence-corrected chi connectivity index (χ1v) is 10.2. The molecule has 2 atom stereocenters. The van der Waals surface area contributed by atoms with Crippen molar-refractivity contribution in [3.63, 3.8) is 0 Å². The maximum Gasteiger partial charge on any atom is 0.317 e. The molecule has 2 unspecified atom stereocenters. The lowest BCUT2D eigenvalue weighted by atomic mass is 10.1. The molecule has 24 heavy (non-hydrogen) atoms. The van der Waals surface area contributed by atoms with E-state index in [2.05, 4.69) is 5.32 Å². The van der Waals surface area contributed by atoms with Crippen molar-refractivity contribution in [3.05, 3.63) is 34.9 Å². The van der Waals surface area contributed by atoms with E-state index in [1.54, 1.807) is 17.0 Å². The topological polar surface area (TPSA) is 75.7 Å². The molecule has 2 amide bonds. The first-order valence-electron chi connectivity index (χ1n) is 8.07. The lowest BCUT2D eigenvalue weighted by molar-refractivity contribution is -0.0154. The van der Waals surface area contributed by atoms with Crippen LogP contribution < -0.4 is 5.32 Å². The van der Waals surface area contributed by atoms with Crippen LogP contribution in [0, 0.1) is 0 Å². The zero-order chi connectivity index (χ0) is 17.2. The summed E-state index contributed by atoms with van der Waals surface area (Å²) in [4.78, 5) is 14.0. The number of nitrogens with one attached hydrogen (secondary N) is 1. The molecule has 6 nitrogen and oxygen atoms in total. The normalized spacial score (nSPS) is 26.3. The zero-order valence-corrected chi connectivity index (χ0v) is 14.9. The second kappa shape index (κ2) is 7.29. The first-order chi connectivity index (χ1) is 11.5. The van der Waals surface area contributed by atoms with E-state index in [0.717, 1.165) is 5.56 Å². The van der Waals surface area contributed by atoms with Crippen LogP contribution in [0.1, 0.15) is 24.5 Å². The van der Waals surface area contributed by atoms with Gasteiger partial charge in [-0.2, -0.15) is 0 Å². The van der Waals surface area contributed by atoms with Gasteiger partial charge >= 0.3 is 6.03 Å². The van der Waals surface area contributed by atoms with Crippen molar-refractivity contribution in [1.29, 1.82) is 0 Å². The summed E-state index contributed by atoms with van der Waals surface area (Å²) in [6.07, 6.45) is 1.11. The van der Waals surface area contributed by atoms with Gasteiger partial charge in [-0.25, -0.2) is 13.2 Å². The molecule has 0 saturated carbocycles. The number of sulfone groups is 1. The zero-order valence-electron chi connectivity index (χ0n) is 13.3. The Hall–Kier alpha value is -1.31. The summed E-state index contributed by atoms with van der Waals surface area (Å²) in [6.45, 7) is 1.56. The largest absolute Gasteiger partial charge is 0.370 e. The highest BCUT2D eigenvalue weighted by Crippen LogP contribution is 2.24. The van der Waals surface area contributed by atoms with Crippen molar-refractivity contribution >= 4 is 27.5 Å². The van der Waals surface area contributed by atoms with Gasteiger partial charge < -0.3 is 15.0 Å². The van der Waals surface area contributed by atoms with E-state index < -0.39 is 15.1 Å². The van der Waals surface area contributed by atoms with E-state index in [-0.39, 0.29) is 24.4 Å². The molecular formula is C16H21ClN2O4S. The predicted molar refractivity (Wildman–Crippen MR) is 91.9 cm³/mol. The number of hydrogen-bond donors (Lipinski definition) is 1. The number of ether oxygens (including phenoxy) is 1. The number of morpholine rings is 1. The molecule has 3 rings (SSSR count). The summed E-state index contributed by atoms with van der Waals surface area (Å²) in [5, 5.41) is 2.97. The third-order valence-electron chi connectivity index (χ3n) is 4.54. The summed E-state index contributed by atoms with van der Waals surface area (Å²) in [5.41, 5.74) is 0.968. The third-order valence-corrected chi connectivity index (χ3v) is 7.07. The van der Waals surface area contributed by atoms with Gasteiger partial charge in [0.25, 0.3) is 0 Å². The van der Waals surface area contributed by atoms with Crippen LogP contribution in [0.25, 0.3) is 0 Å². The van der Waals surface area contributed by atoms with Crippen LogP contribution in [-0.2, 0) is 14.6 Å². The second-order valence-electron chi connectivity index (χ2n) is 6.17. The summed E-state index contributed by atoms with van der Waals surface area (Å²) in [7, 11) is -3.04. The van der Waals surface area contributed by atoms with E-state index in [4.69, 9.17) is 16.3 Å². The Morgan fingerprint density at radius 1 is 1.33 bits per heavy atom. The van der Waals surface area contributed by atoms with Crippen LogP contribution in [-0.4, -0.2) is 56.6 Å². The Bertz CT molecular complexity index is 693. The van der Waals surface area contributed by atoms with Crippen LogP contribution in [0.3, 0.4) is 0 Å². The maximum absolute atomic E-state index is 12.3. The van der Waals surface area contributed by atoms with Gasteiger partial charge in [0.2, 0.25) is 0 Å². The summed E-state index contributed by atoms with van der Waals surface area (Å²) >= 11 is 5.89. The van der Waals surface area contributed by atoms with Gasteiger partial charge in [-0.15, -0.1) is 0 Å². The molecule has 0 aromatic heterocycles. The third kappa shape index (κ3) is 4.02. The summed E-state index contributed by atoms with van der Waals surface area (Å²) < 4.78 is 29.4. The average molecular weight is 373 g/mol. The molecule has 0 aliphatic carbocycles. The number of amides is 2. The van der Waals surface area contributed by atoms with Gasteiger partial charge in [-0.05, 0) is 30.5 Å². The molecule has 1 aromatic rings. The highest BCUT2D eigenvalue weighted by atomic mass is 35.5. The van der Waals surface area contributed by atoms with Gasteiger partial charge in [0.1, 0.15) is 6.10 Å². The monoisotopic (exact) mass is 372 g/mol. The van der Waals surface area contributed by atoms with Gasteiger partial charge in [0.15, 0.2) is 9.84 Å². The van der Waals surface area contributed by atoms with Crippen LogP contribution in [0.5, 0.6) is 0 Å². The van der Waals surface area contributed by atoms with Crippen molar-refractivity contribution < 1.29 is 17.9 Å². The Morgan fingerprint density at radius 2 is 2.08 bits per heavy atom. The van der Waals surface area contributed by atoms with E-state index >= 15 is 0 Å². The lowest BCUT2D eigenvalue weighted by Gasteiger charge is -2.33. The number of nitrogens with zero attached hydrogens (tertiary/aromatic N) is 1. The lowest BCUT2D eigenvalue weighted by Crippen LogP contribution is -2.49. The highest BCUT2D eigenvalue weighted by Gasteiger charge is 2.32. The summed E-state index contributed by atoms with van der Waals surface area (Å²) in [5.74, 6) is 0.226. The molecule has 8 heteroatoms. The van der Waals surface area contributed by atoms with Gasteiger partial charge in [0, 0.05) is 18.1 Å². The van der Waals surface area contributed by atoms with Crippen LogP contribution in [0.2, 0.25) is 5.02 Å². The molecule has 2 aliphatic heterocycles. The highest BCUT2D eigenvalue weighted by molar-refractivity contribution is 7.92. The molecule has 1 N–H and O–H groups in total. The number of halogens is 1. The Morgan fingerprint density at radius 3 is 2.75 bits per heavy atom. The van der Waals surface area contributed by atoms with Gasteiger partial charge in [0.05, 0.1) is 24.2 Å². The Kier molecular flexibility index (Phi) is 5.32. The number of urea groups is 1. The van der Waals surface area contributed by atoms with Crippen molar-refractivity contribution in [2.45, 2.75) is 24.2 Å². The van der Waals surface area contributed by atoms with Crippen LogP contribution in [0.4, 0.5) is 4.79 Å². The molecule has 2 heterocycles. The number of benzene rings is 1. The van der Waals surface area contributed by atoms with Crippen LogP contribution >= 0.6 is 11.6 Å². The van der Waals surface area contributed by atoms with E-state index in [9.17, 15) is 13.2 Å². The minimum Gasteiger partial charge on any atom is -0.370 e. The fourth-order valence-electron chi connectivity index (χ4n) is 3.11. The molecule has 1 aromatic carbocycles. The van der Waals surface area contributed by atoms with Gasteiger partial charge in [-0.1, -0.05) is 23.7 Å². The predicted octanol–water partition coefficient (Wildman–Crippen LogP) is 2.00. The number of carbonyl (C=O) groups excluding carboxylic acids is 1. The van der Waals surface area contributed by atoms with Crippen molar-refractivity contribution in [1.82, 2.24) is 10.2 Å². The molecular weight excluding hydrogens is 352 g/mol. The van der Waals surface area contributed by atoms with E-state index in [1.807, 2.05) is 12.1 Å². The van der Waals surface area contributed by atoms with Crippen molar-refractivity contribution in [2.75, 3.05) is 32.0 Å². The summed E-state index contributed by atoms with van der Waals surface area (Å²) in [6, 6.07) is 7.13. The maximum atomic E-state index is 12.3. The Labute approximate surface area is 147 Å². The second-order valence-corrected chi connectivity index (χ2v) is 9.01. The van der Waals surface area contributed by atoms with Crippen LogP contribution in [0.15, 0.2) is 24.3 Å². The molecule has 132 valence electrons. The standard InChI is InChI=1S/C16H21ClN2O4S/c17-13-5-3-12(4-6-13)15-11-19(7-8-23-15)16(20)18-10-14-2-1-9-24(14,21)22/h3-6,14-15H,1-2,7-11H2,(H,18,20). The smallest absolute Gasteiger partial charge is 0.317 e. The number of rotatable bonds is 3.